The number of hydrogen-bond acceptors (Lipinski definition) is 4. The summed E-state index contributed by atoms with van der Waals surface area (Å²) in [6.45, 7) is 2.25. The number of likely N-dealkylation sites (N-methyl/N-ethyl adjacent to an activating group) is 1. The number of likely N-dealkylation sites (tertiary alicyclic amines) is 1. The van der Waals surface area contributed by atoms with E-state index < -0.39 is 0 Å². The van der Waals surface area contributed by atoms with Crippen molar-refractivity contribution < 1.29 is 9.84 Å². The first kappa shape index (κ1) is 15.0. The van der Waals surface area contributed by atoms with E-state index in [1.807, 2.05) is 0 Å². The fourth-order valence-corrected chi connectivity index (χ4v) is 6.85. The third kappa shape index (κ3) is 1.83. The summed E-state index contributed by atoms with van der Waals surface area (Å²) in [5, 5.41) is 13.4. The van der Waals surface area contributed by atoms with Crippen molar-refractivity contribution in [3.63, 3.8) is 0 Å². The molecule has 6 rings (SSSR count). The molecule has 4 nitrogen and oxygen atoms in total. The van der Waals surface area contributed by atoms with Crippen molar-refractivity contribution >= 4 is 0 Å². The molecule has 1 saturated heterocycles. The molecule has 2 bridgehead atoms. The molecular weight excluding hydrogens is 312 g/mol. The van der Waals surface area contributed by atoms with Crippen molar-refractivity contribution in [2.24, 2.45) is 11.8 Å². The highest BCUT2D eigenvalue weighted by Crippen LogP contribution is 2.62. The van der Waals surface area contributed by atoms with Crippen LogP contribution in [0.25, 0.3) is 0 Å². The van der Waals surface area contributed by atoms with Crippen LogP contribution in [0.5, 0.6) is 5.75 Å². The molecule has 2 saturated carbocycles. The van der Waals surface area contributed by atoms with Crippen LogP contribution in [0.15, 0.2) is 18.2 Å². The Morgan fingerprint density at radius 2 is 2.24 bits per heavy atom. The second-order valence-corrected chi connectivity index (χ2v) is 9.03. The van der Waals surface area contributed by atoms with Gasteiger partial charge < -0.3 is 15.2 Å². The molecule has 2 aliphatic heterocycles. The number of hydrogen-bond donors (Lipinski definition) is 2. The number of nitrogens with zero attached hydrogens (tertiary/aromatic N) is 1. The largest absolute Gasteiger partial charge is 0.488 e. The van der Waals surface area contributed by atoms with Crippen LogP contribution < -0.4 is 10.1 Å². The lowest BCUT2D eigenvalue weighted by molar-refractivity contribution is -0.0656. The van der Waals surface area contributed by atoms with Crippen LogP contribution in [0.1, 0.15) is 36.8 Å². The van der Waals surface area contributed by atoms with E-state index >= 15 is 0 Å². The van der Waals surface area contributed by atoms with Crippen LogP contribution in [0.3, 0.4) is 0 Å². The lowest BCUT2D eigenvalue weighted by Crippen LogP contribution is -2.68. The number of aliphatic hydroxyl groups is 1. The van der Waals surface area contributed by atoms with Gasteiger partial charge in [-0.1, -0.05) is 12.1 Å². The third-order valence-corrected chi connectivity index (χ3v) is 8.06. The van der Waals surface area contributed by atoms with E-state index in [0.717, 1.165) is 19.5 Å². The molecule has 1 aromatic rings. The van der Waals surface area contributed by atoms with Crippen molar-refractivity contribution in [2.45, 2.75) is 61.8 Å². The highest BCUT2D eigenvalue weighted by atomic mass is 16.5. The second-order valence-electron chi connectivity index (χ2n) is 9.03. The van der Waals surface area contributed by atoms with Crippen molar-refractivity contribution in [2.75, 3.05) is 20.1 Å². The molecule has 3 aliphatic carbocycles. The Morgan fingerprint density at radius 3 is 3.04 bits per heavy atom. The van der Waals surface area contributed by atoms with Gasteiger partial charge in [0.05, 0.1) is 6.10 Å². The van der Waals surface area contributed by atoms with Crippen molar-refractivity contribution in [1.82, 2.24) is 10.2 Å². The van der Waals surface area contributed by atoms with Gasteiger partial charge in [0.1, 0.15) is 11.9 Å². The highest BCUT2D eigenvalue weighted by molar-refractivity contribution is 5.55. The predicted octanol–water partition coefficient (Wildman–Crippen LogP) is 1.69. The fraction of sp³-hybridized carbons (Fsp3) is 0.714. The van der Waals surface area contributed by atoms with Crippen molar-refractivity contribution in [3.05, 3.63) is 29.3 Å². The minimum atomic E-state index is -0.0408. The highest BCUT2D eigenvalue weighted by Gasteiger charge is 2.65. The smallest absolute Gasteiger partial charge is 0.124 e. The number of aliphatic hydroxyl groups excluding tert-OH is 1. The number of piperidine rings is 1. The molecular formula is C21H28N2O2. The fourth-order valence-electron chi connectivity index (χ4n) is 6.85. The summed E-state index contributed by atoms with van der Waals surface area (Å²) in [5.41, 5.74) is 3.31. The molecule has 1 spiro atoms. The average Bonchev–Trinajstić information content (AvgIpc) is 3.20. The van der Waals surface area contributed by atoms with Crippen LogP contribution >= 0.6 is 0 Å². The number of ether oxygens (including phenoxy) is 1. The summed E-state index contributed by atoms with van der Waals surface area (Å²) in [4.78, 5) is 2.72. The van der Waals surface area contributed by atoms with Crippen molar-refractivity contribution in [3.8, 4) is 5.75 Å². The summed E-state index contributed by atoms with van der Waals surface area (Å²) in [7, 11) is 2.10. The molecule has 1 aromatic carbocycles. The van der Waals surface area contributed by atoms with Crippen LogP contribution in [-0.4, -0.2) is 54.4 Å². The van der Waals surface area contributed by atoms with Gasteiger partial charge in [0.25, 0.3) is 0 Å². The Morgan fingerprint density at radius 1 is 1.36 bits per heavy atom. The normalized spacial score (nSPS) is 46.5. The van der Waals surface area contributed by atoms with Crippen LogP contribution in [-0.2, 0) is 11.8 Å². The van der Waals surface area contributed by atoms with Crippen LogP contribution in [0.2, 0.25) is 0 Å². The topological polar surface area (TPSA) is 44.7 Å². The maximum atomic E-state index is 9.83. The Hall–Kier alpha value is -1.10. The van der Waals surface area contributed by atoms with E-state index in [0.29, 0.717) is 30.0 Å². The Balaban J connectivity index is 1.45. The monoisotopic (exact) mass is 340 g/mol. The van der Waals surface area contributed by atoms with E-state index in [2.05, 4.69) is 35.5 Å². The van der Waals surface area contributed by atoms with Gasteiger partial charge in [-0.2, -0.15) is 0 Å². The summed E-state index contributed by atoms with van der Waals surface area (Å²) in [6, 6.07) is 7.82. The van der Waals surface area contributed by atoms with E-state index in [-0.39, 0.29) is 11.5 Å². The maximum Gasteiger partial charge on any atom is 0.124 e. The number of nitrogens with one attached hydrogen (secondary N) is 1. The summed E-state index contributed by atoms with van der Waals surface area (Å²) in [6.07, 6.45) is 6.15. The molecule has 134 valence electrons. The molecule has 4 heteroatoms. The molecule has 7 atom stereocenters. The van der Waals surface area contributed by atoms with Crippen LogP contribution in [0.4, 0.5) is 0 Å². The minimum absolute atomic E-state index is 0.0408. The van der Waals surface area contributed by atoms with Gasteiger partial charge in [0.2, 0.25) is 0 Å². The van der Waals surface area contributed by atoms with E-state index in [4.69, 9.17) is 4.74 Å². The van der Waals surface area contributed by atoms with Gasteiger partial charge in [-0.25, -0.2) is 0 Å². The molecule has 25 heavy (non-hydrogen) atoms. The lowest BCUT2D eigenvalue weighted by atomic mass is 9.51. The molecule has 2 heterocycles. The zero-order valence-electron chi connectivity index (χ0n) is 14.9. The summed E-state index contributed by atoms with van der Waals surface area (Å²) in [5.74, 6) is 2.40. The Kier molecular flexibility index (Phi) is 3.00. The SMILES string of the molecule is CN[C@@H]1CC[C@H]2[C@H]3Cc4cccc5c4[C@@]2(CCN3CC2CC2O)[C@H]1O5. The maximum absolute atomic E-state index is 9.83. The first-order chi connectivity index (χ1) is 12.2. The van der Waals surface area contributed by atoms with E-state index in [1.54, 1.807) is 5.56 Å². The zero-order valence-corrected chi connectivity index (χ0v) is 14.9. The molecule has 2 unspecified atom stereocenters. The third-order valence-electron chi connectivity index (χ3n) is 8.06. The Labute approximate surface area is 149 Å². The van der Waals surface area contributed by atoms with Crippen LogP contribution in [0, 0.1) is 11.8 Å². The first-order valence-electron chi connectivity index (χ1n) is 10.1. The first-order valence-corrected chi connectivity index (χ1v) is 10.1. The van der Waals surface area contributed by atoms with Gasteiger partial charge >= 0.3 is 0 Å². The minimum Gasteiger partial charge on any atom is -0.488 e. The molecule has 2 N–H and O–H groups in total. The van der Waals surface area contributed by atoms with Gasteiger partial charge in [-0.05, 0) is 63.2 Å². The number of benzene rings is 1. The van der Waals surface area contributed by atoms with Gasteiger partial charge in [-0.15, -0.1) is 0 Å². The Bertz CT molecular complexity index is 722. The quantitative estimate of drug-likeness (QED) is 0.879. The molecule has 0 amide bonds. The standard InChI is InChI=1S/C21H28N2O2/c1-22-15-6-5-14-16-9-12-3-2-4-18-19(12)21(14,20(15)25-18)7-8-23(16)11-13-10-17(13)24/h2-4,13-17,20,22,24H,5-11H2,1H3/t13?,14-,15+,16+,17?,20-,21-/m0/s1. The van der Waals surface area contributed by atoms with Crippen molar-refractivity contribution in [1.29, 1.82) is 0 Å². The second kappa shape index (κ2) is 4.99. The average molecular weight is 340 g/mol. The van der Waals surface area contributed by atoms with Gasteiger partial charge in [0.15, 0.2) is 0 Å². The molecule has 0 radical (unpaired) electrons. The summed E-state index contributed by atoms with van der Waals surface area (Å²) >= 11 is 0. The zero-order chi connectivity index (χ0) is 16.8. The predicted molar refractivity (Wildman–Crippen MR) is 95.9 cm³/mol. The van der Waals surface area contributed by atoms with E-state index in [1.165, 1.54) is 37.0 Å². The number of rotatable bonds is 3. The molecule has 5 aliphatic rings. The molecule has 0 aromatic heterocycles. The van der Waals surface area contributed by atoms with Gasteiger partial charge in [-0.3, -0.25) is 4.90 Å². The van der Waals surface area contributed by atoms with E-state index in [9.17, 15) is 5.11 Å². The van der Waals surface area contributed by atoms with Gasteiger partial charge in [0, 0.05) is 35.5 Å². The molecule has 3 fully saturated rings. The summed E-state index contributed by atoms with van der Waals surface area (Å²) < 4.78 is 6.61. The lowest BCUT2D eigenvalue weighted by Gasteiger charge is -2.59.